The molecular weight excluding hydrogens is 402 g/mol. The van der Waals surface area contributed by atoms with E-state index in [1.165, 1.54) is 11.1 Å². The first-order valence-corrected chi connectivity index (χ1v) is 11.0. The summed E-state index contributed by atoms with van der Waals surface area (Å²) < 4.78 is 16.7. The zero-order chi connectivity index (χ0) is 22.1. The largest absolute Gasteiger partial charge is 0.493 e. The summed E-state index contributed by atoms with van der Waals surface area (Å²) >= 11 is 0. The van der Waals surface area contributed by atoms with Crippen molar-refractivity contribution in [2.24, 2.45) is 0 Å². The van der Waals surface area contributed by atoms with Crippen molar-refractivity contribution in [2.45, 2.75) is 25.3 Å². The maximum Gasteiger partial charge on any atom is 0.227 e. The second-order valence-electron chi connectivity index (χ2n) is 8.27. The van der Waals surface area contributed by atoms with Crippen molar-refractivity contribution in [3.63, 3.8) is 0 Å². The number of hydrogen-bond acceptors (Lipinski definition) is 4. The van der Waals surface area contributed by atoms with E-state index in [-0.39, 0.29) is 11.9 Å². The first kappa shape index (κ1) is 20.4. The summed E-state index contributed by atoms with van der Waals surface area (Å²) in [5, 5.41) is 0. The minimum absolute atomic E-state index is 0.123. The van der Waals surface area contributed by atoms with Crippen LogP contribution in [0.2, 0.25) is 0 Å². The molecule has 5 nitrogen and oxygen atoms in total. The quantitative estimate of drug-likeness (QED) is 0.605. The first-order valence-electron chi connectivity index (χ1n) is 11.0. The van der Waals surface area contributed by atoms with Crippen LogP contribution < -0.4 is 14.2 Å². The van der Waals surface area contributed by atoms with Gasteiger partial charge in [0.15, 0.2) is 11.5 Å². The average Bonchev–Trinajstić information content (AvgIpc) is 3.30. The third kappa shape index (κ3) is 3.68. The van der Waals surface area contributed by atoms with Gasteiger partial charge < -0.3 is 19.1 Å². The van der Waals surface area contributed by atoms with Crippen molar-refractivity contribution in [1.29, 1.82) is 0 Å². The van der Waals surface area contributed by atoms with E-state index in [0.717, 1.165) is 47.6 Å². The van der Waals surface area contributed by atoms with Gasteiger partial charge in [-0.15, -0.1) is 0 Å². The molecule has 32 heavy (non-hydrogen) atoms. The van der Waals surface area contributed by atoms with E-state index in [9.17, 15) is 4.79 Å². The number of ether oxygens (including phenoxy) is 3. The van der Waals surface area contributed by atoms with Crippen LogP contribution in [0.25, 0.3) is 0 Å². The van der Waals surface area contributed by atoms with Crippen molar-refractivity contribution >= 4 is 5.91 Å². The van der Waals surface area contributed by atoms with E-state index in [2.05, 4.69) is 18.2 Å². The van der Waals surface area contributed by atoms with Crippen LogP contribution in [0.15, 0.2) is 60.7 Å². The molecule has 1 amide bonds. The molecular formula is C27H27NO4. The fraction of sp³-hybridized carbons (Fsp3) is 0.296. The van der Waals surface area contributed by atoms with Gasteiger partial charge in [0.05, 0.1) is 33.3 Å². The second kappa shape index (κ2) is 8.58. The molecule has 0 N–H and O–H groups in total. The molecule has 2 heterocycles. The van der Waals surface area contributed by atoms with Gasteiger partial charge in [-0.25, -0.2) is 0 Å². The number of carbonyl (C=O) groups excluding carboxylic acids is 1. The van der Waals surface area contributed by atoms with E-state index in [1.54, 1.807) is 14.2 Å². The molecule has 0 radical (unpaired) electrons. The second-order valence-corrected chi connectivity index (χ2v) is 8.27. The summed E-state index contributed by atoms with van der Waals surface area (Å²) in [4.78, 5) is 15.6. The fourth-order valence-corrected chi connectivity index (χ4v) is 4.84. The predicted molar refractivity (Wildman–Crippen MR) is 123 cm³/mol. The van der Waals surface area contributed by atoms with Crippen molar-refractivity contribution < 1.29 is 19.0 Å². The maximum absolute atomic E-state index is 13.6. The first-order chi connectivity index (χ1) is 15.7. The Kier molecular flexibility index (Phi) is 5.48. The Morgan fingerprint density at radius 2 is 1.75 bits per heavy atom. The Bertz CT molecular complexity index is 1140. The molecule has 5 rings (SSSR count). The Labute approximate surface area is 188 Å². The topological polar surface area (TPSA) is 48.0 Å². The van der Waals surface area contributed by atoms with Crippen LogP contribution in [0.3, 0.4) is 0 Å². The van der Waals surface area contributed by atoms with Gasteiger partial charge in [-0.2, -0.15) is 0 Å². The van der Waals surface area contributed by atoms with E-state index >= 15 is 0 Å². The Hall–Kier alpha value is -3.47. The van der Waals surface area contributed by atoms with Gasteiger partial charge in [-0.1, -0.05) is 42.5 Å². The Morgan fingerprint density at radius 3 is 2.53 bits per heavy atom. The number of rotatable bonds is 5. The van der Waals surface area contributed by atoms with Gasteiger partial charge in [0.2, 0.25) is 5.91 Å². The Balaban J connectivity index is 1.51. The van der Waals surface area contributed by atoms with Gasteiger partial charge in [0.1, 0.15) is 5.75 Å². The molecule has 1 unspecified atom stereocenters. The van der Waals surface area contributed by atoms with Crippen LogP contribution in [-0.2, 0) is 24.1 Å². The molecule has 0 fully saturated rings. The summed E-state index contributed by atoms with van der Waals surface area (Å²) in [5.41, 5.74) is 5.60. The van der Waals surface area contributed by atoms with Crippen molar-refractivity contribution in [3.8, 4) is 17.2 Å². The van der Waals surface area contributed by atoms with Gasteiger partial charge in [-0.3, -0.25) is 4.79 Å². The van der Waals surface area contributed by atoms with Crippen LogP contribution in [0.4, 0.5) is 0 Å². The Morgan fingerprint density at radius 1 is 0.969 bits per heavy atom. The lowest BCUT2D eigenvalue weighted by atomic mass is 9.87. The van der Waals surface area contributed by atoms with E-state index in [4.69, 9.17) is 14.2 Å². The minimum Gasteiger partial charge on any atom is -0.493 e. The number of fused-ring (bicyclic) bond motifs is 2. The summed E-state index contributed by atoms with van der Waals surface area (Å²) in [7, 11) is 3.30. The molecule has 0 saturated heterocycles. The third-order valence-electron chi connectivity index (χ3n) is 6.42. The molecule has 0 bridgehead atoms. The number of nitrogens with zero attached hydrogens (tertiary/aromatic N) is 1. The number of benzene rings is 3. The van der Waals surface area contributed by atoms with E-state index in [1.807, 2.05) is 47.4 Å². The molecule has 0 aromatic heterocycles. The molecule has 2 aliphatic rings. The fourth-order valence-electron chi connectivity index (χ4n) is 4.84. The van der Waals surface area contributed by atoms with Crippen molar-refractivity contribution in [1.82, 2.24) is 4.90 Å². The average molecular weight is 430 g/mol. The smallest absolute Gasteiger partial charge is 0.227 e. The summed E-state index contributed by atoms with van der Waals surface area (Å²) in [6.45, 7) is 1.38. The summed E-state index contributed by atoms with van der Waals surface area (Å²) in [6.07, 6.45) is 2.06. The van der Waals surface area contributed by atoms with Crippen LogP contribution >= 0.6 is 0 Å². The lowest BCUT2D eigenvalue weighted by Crippen LogP contribution is -2.41. The van der Waals surface area contributed by atoms with E-state index < -0.39 is 0 Å². The highest BCUT2D eigenvalue weighted by Gasteiger charge is 2.33. The van der Waals surface area contributed by atoms with Gasteiger partial charge in [0, 0.05) is 13.0 Å². The normalized spacial score (nSPS) is 16.7. The van der Waals surface area contributed by atoms with Crippen LogP contribution in [-0.4, -0.2) is 38.2 Å². The molecule has 5 heteroatoms. The van der Waals surface area contributed by atoms with Crippen LogP contribution in [0.5, 0.6) is 17.2 Å². The monoisotopic (exact) mass is 429 g/mol. The number of amides is 1. The molecule has 3 aromatic rings. The third-order valence-corrected chi connectivity index (χ3v) is 6.42. The molecule has 3 aromatic carbocycles. The standard InChI is InChI=1S/C27H27NO4/c1-30-24-16-20-10-12-28(26(29)15-18-8-9-23-21(14-18)11-13-32-23)27(19-6-4-3-5-7-19)22(20)17-25(24)31-2/h3-9,14,16-17,27H,10-13,15H2,1-2H3. The molecule has 0 spiro atoms. The van der Waals surface area contributed by atoms with Crippen LogP contribution in [0.1, 0.15) is 33.9 Å². The minimum atomic E-state index is -0.162. The maximum atomic E-state index is 13.6. The molecule has 1 atom stereocenters. The zero-order valence-electron chi connectivity index (χ0n) is 18.5. The summed E-state index contributed by atoms with van der Waals surface area (Å²) in [6, 6.07) is 20.2. The van der Waals surface area contributed by atoms with Crippen LogP contribution in [0, 0.1) is 0 Å². The number of carbonyl (C=O) groups is 1. The lowest BCUT2D eigenvalue weighted by molar-refractivity contribution is -0.132. The SMILES string of the molecule is COc1cc2c(cc1OC)C(c1ccccc1)N(C(=O)Cc1ccc3c(c1)CCO3)CC2. The highest BCUT2D eigenvalue weighted by molar-refractivity contribution is 5.80. The van der Waals surface area contributed by atoms with Gasteiger partial charge >= 0.3 is 0 Å². The lowest BCUT2D eigenvalue weighted by Gasteiger charge is -2.38. The highest BCUT2D eigenvalue weighted by Crippen LogP contribution is 2.41. The predicted octanol–water partition coefficient (Wildman–Crippen LogP) is 4.36. The zero-order valence-corrected chi connectivity index (χ0v) is 18.5. The molecule has 0 saturated carbocycles. The number of methoxy groups -OCH3 is 2. The highest BCUT2D eigenvalue weighted by atomic mass is 16.5. The van der Waals surface area contributed by atoms with Crippen molar-refractivity contribution in [3.05, 3.63) is 88.5 Å². The summed E-state index contributed by atoms with van der Waals surface area (Å²) in [5.74, 6) is 2.47. The van der Waals surface area contributed by atoms with Crippen molar-refractivity contribution in [2.75, 3.05) is 27.4 Å². The number of hydrogen-bond donors (Lipinski definition) is 0. The molecule has 2 aliphatic heterocycles. The molecule has 164 valence electrons. The van der Waals surface area contributed by atoms with Gasteiger partial charge in [0.25, 0.3) is 0 Å². The van der Waals surface area contributed by atoms with E-state index in [0.29, 0.717) is 18.7 Å². The molecule has 0 aliphatic carbocycles. The van der Waals surface area contributed by atoms with Gasteiger partial charge in [-0.05, 0) is 52.4 Å².